The quantitative estimate of drug-likeness (QED) is 0.319. The molecule has 1 atom stereocenters. The average molecular weight is 458 g/mol. The molecule has 6 nitrogen and oxygen atoms in total. The van der Waals surface area contributed by atoms with Gasteiger partial charge in [0, 0.05) is 12.2 Å². The van der Waals surface area contributed by atoms with Crippen molar-refractivity contribution in [2.75, 3.05) is 17.7 Å². The first-order valence-electron chi connectivity index (χ1n) is 9.33. The number of hydrogen-bond donors (Lipinski definition) is 0. The largest absolute Gasteiger partial charge is 0.449 e. The Hall–Kier alpha value is -2.49. The maximum atomic E-state index is 12.8. The molecule has 2 heterocycles. The maximum Gasteiger partial charge on any atom is 0.338 e. The van der Waals surface area contributed by atoms with Crippen molar-refractivity contribution >= 4 is 52.9 Å². The third-order valence-corrected chi connectivity index (χ3v) is 7.04. The lowest BCUT2D eigenvalue weighted by Crippen LogP contribution is -2.39. The normalized spacial score (nSPS) is 13.7. The monoisotopic (exact) mass is 457 g/mol. The minimum absolute atomic E-state index is 0.219. The molecule has 0 radical (unpaired) electrons. The summed E-state index contributed by atoms with van der Waals surface area (Å²) in [6.07, 6.45) is 1.88. The molecular weight excluding hydrogens is 438 g/mol. The number of para-hydroxylation sites is 1. The molecule has 4 rings (SSSR count). The number of fused-ring (bicyclic) bond motifs is 1. The van der Waals surface area contributed by atoms with Gasteiger partial charge in [-0.2, -0.15) is 0 Å². The zero-order valence-electron chi connectivity index (χ0n) is 16.4. The molecule has 0 N–H and O–H groups in total. The standard InChI is InChI=1S/C21H19N3O3S3/c1-13(18(25)23-12-11-14-5-3-4-6-17(14)23)27-19(26)15-7-9-16(10-8-15)24-21(28)30-20(22-24)29-2/h3-10,13H,11-12H2,1-2H3. The van der Waals surface area contributed by atoms with Gasteiger partial charge in [0.25, 0.3) is 5.91 Å². The van der Waals surface area contributed by atoms with Crippen molar-refractivity contribution in [3.8, 4) is 5.69 Å². The zero-order chi connectivity index (χ0) is 21.3. The summed E-state index contributed by atoms with van der Waals surface area (Å²) in [5.74, 6) is -0.759. The number of thioether (sulfide) groups is 1. The smallest absolute Gasteiger partial charge is 0.338 e. The third kappa shape index (κ3) is 4.05. The third-order valence-electron chi connectivity index (χ3n) is 4.84. The van der Waals surface area contributed by atoms with Gasteiger partial charge >= 0.3 is 5.97 Å². The summed E-state index contributed by atoms with van der Waals surface area (Å²) < 4.78 is 8.62. The van der Waals surface area contributed by atoms with Gasteiger partial charge in [-0.05, 0) is 67.7 Å². The van der Waals surface area contributed by atoms with Gasteiger partial charge < -0.3 is 9.64 Å². The van der Waals surface area contributed by atoms with Gasteiger partial charge in [-0.25, -0.2) is 9.48 Å². The van der Waals surface area contributed by atoms with Gasteiger partial charge in [0.1, 0.15) is 0 Å². The summed E-state index contributed by atoms with van der Waals surface area (Å²) in [5, 5.41) is 4.43. The lowest BCUT2D eigenvalue weighted by atomic mass is 10.2. The van der Waals surface area contributed by atoms with E-state index in [0.29, 0.717) is 16.1 Å². The number of anilines is 1. The average Bonchev–Trinajstić information content (AvgIpc) is 3.36. The number of aromatic nitrogens is 2. The van der Waals surface area contributed by atoms with Crippen molar-refractivity contribution in [3.63, 3.8) is 0 Å². The van der Waals surface area contributed by atoms with E-state index < -0.39 is 12.1 Å². The van der Waals surface area contributed by atoms with Crippen LogP contribution in [0.1, 0.15) is 22.8 Å². The fraction of sp³-hybridized carbons (Fsp3) is 0.238. The Morgan fingerprint density at radius 2 is 1.93 bits per heavy atom. The van der Waals surface area contributed by atoms with Crippen molar-refractivity contribution in [2.24, 2.45) is 0 Å². The number of hydrogen-bond acceptors (Lipinski definition) is 7. The highest BCUT2D eigenvalue weighted by molar-refractivity contribution is 8.00. The number of benzene rings is 2. The van der Waals surface area contributed by atoms with Gasteiger partial charge in [-0.3, -0.25) is 4.79 Å². The predicted molar refractivity (Wildman–Crippen MR) is 121 cm³/mol. The molecule has 0 bridgehead atoms. The van der Waals surface area contributed by atoms with E-state index in [0.717, 1.165) is 27.7 Å². The molecule has 2 aromatic carbocycles. The predicted octanol–water partition coefficient (Wildman–Crippen LogP) is 4.52. The minimum Gasteiger partial charge on any atom is -0.449 e. The van der Waals surface area contributed by atoms with Crippen LogP contribution in [0.4, 0.5) is 5.69 Å². The maximum absolute atomic E-state index is 12.8. The summed E-state index contributed by atoms with van der Waals surface area (Å²) >= 11 is 8.31. The molecule has 0 saturated carbocycles. The molecule has 30 heavy (non-hydrogen) atoms. The fourth-order valence-corrected chi connectivity index (χ4v) is 5.09. The van der Waals surface area contributed by atoms with Crippen LogP contribution in [-0.2, 0) is 16.0 Å². The van der Waals surface area contributed by atoms with Crippen LogP contribution in [0.2, 0.25) is 0 Å². The van der Waals surface area contributed by atoms with E-state index in [1.54, 1.807) is 40.8 Å². The molecule has 1 aliphatic rings. The van der Waals surface area contributed by atoms with Crippen LogP contribution >= 0.6 is 35.3 Å². The van der Waals surface area contributed by atoms with E-state index >= 15 is 0 Å². The Labute approximate surface area is 187 Å². The highest BCUT2D eigenvalue weighted by Gasteiger charge is 2.29. The Morgan fingerprint density at radius 3 is 2.63 bits per heavy atom. The minimum atomic E-state index is -0.875. The molecule has 3 aromatic rings. The molecule has 1 aliphatic heterocycles. The van der Waals surface area contributed by atoms with Gasteiger partial charge in [0.15, 0.2) is 14.4 Å². The molecule has 1 unspecified atom stereocenters. The zero-order valence-corrected chi connectivity index (χ0v) is 18.9. The summed E-state index contributed by atoms with van der Waals surface area (Å²) in [6, 6.07) is 14.6. The van der Waals surface area contributed by atoms with E-state index in [4.69, 9.17) is 17.0 Å². The lowest BCUT2D eigenvalue weighted by Gasteiger charge is -2.21. The fourth-order valence-electron chi connectivity index (χ4n) is 3.31. The van der Waals surface area contributed by atoms with Crippen molar-refractivity contribution in [3.05, 3.63) is 63.6 Å². The lowest BCUT2D eigenvalue weighted by molar-refractivity contribution is -0.126. The van der Waals surface area contributed by atoms with Gasteiger partial charge in [0.05, 0.1) is 11.3 Å². The number of rotatable bonds is 5. The molecule has 0 spiro atoms. The molecule has 0 fully saturated rings. The van der Waals surface area contributed by atoms with Crippen LogP contribution in [0.15, 0.2) is 52.9 Å². The van der Waals surface area contributed by atoms with Crippen molar-refractivity contribution < 1.29 is 14.3 Å². The van der Waals surface area contributed by atoms with E-state index in [9.17, 15) is 9.59 Å². The number of nitrogens with zero attached hydrogens (tertiary/aromatic N) is 3. The van der Waals surface area contributed by atoms with Gasteiger partial charge in [0.2, 0.25) is 0 Å². The summed E-state index contributed by atoms with van der Waals surface area (Å²) in [6.45, 7) is 2.20. The number of ether oxygens (including phenoxy) is 1. The topological polar surface area (TPSA) is 64.4 Å². The summed E-state index contributed by atoms with van der Waals surface area (Å²) in [7, 11) is 0. The first-order chi connectivity index (χ1) is 14.5. The highest BCUT2D eigenvalue weighted by atomic mass is 32.2. The van der Waals surface area contributed by atoms with E-state index in [-0.39, 0.29) is 5.91 Å². The van der Waals surface area contributed by atoms with Crippen LogP contribution in [0.25, 0.3) is 5.69 Å². The Morgan fingerprint density at radius 1 is 1.20 bits per heavy atom. The van der Waals surface area contributed by atoms with E-state index in [2.05, 4.69) is 5.10 Å². The Balaban J connectivity index is 1.44. The Bertz CT molecular complexity index is 1150. The first kappa shape index (κ1) is 20.8. The number of carbonyl (C=O) groups is 2. The van der Waals surface area contributed by atoms with Crippen LogP contribution in [0.3, 0.4) is 0 Å². The number of carbonyl (C=O) groups excluding carboxylic acids is 2. The Kier molecular flexibility index (Phi) is 6.03. The summed E-state index contributed by atoms with van der Waals surface area (Å²) in [4.78, 5) is 27.0. The molecule has 9 heteroatoms. The van der Waals surface area contributed by atoms with Crippen LogP contribution in [0, 0.1) is 3.95 Å². The molecule has 0 aliphatic carbocycles. The molecule has 154 valence electrons. The van der Waals surface area contributed by atoms with E-state index in [1.165, 1.54) is 23.1 Å². The van der Waals surface area contributed by atoms with E-state index in [1.807, 2.05) is 30.5 Å². The van der Waals surface area contributed by atoms with Crippen LogP contribution in [0.5, 0.6) is 0 Å². The second kappa shape index (κ2) is 8.71. The van der Waals surface area contributed by atoms with Crippen LogP contribution in [-0.4, -0.2) is 40.6 Å². The van der Waals surface area contributed by atoms with Gasteiger partial charge in [-0.1, -0.05) is 41.3 Å². The highest BCUT2D eigenvalue weighted by Crippen LogP contribution is 2.28. The second-order valence-electron chi connectivity index (χ2n) is 6.71. The second-order valence-corrected chi connectivity index (χ2v) is 9.39. The van der Waals surface area contributed by atoms with Crippen molar-refractivity contribution in [1.82, 2.24) is 9.78 Å². The molecule has 1 amide bonds. The van der Waals surface area contributed by atoms with Gasteiger partial charge in [-0.15, -0.1) is 5.10 Å². The van der Waals surface area contributed by atoms with Crippen molar-refractivity contribution in [2.45, 2.75) is 23.8 Å². The molecule has 1 aromatic heterocycles. The molecular formula is C21H19N3O3S3. The number of amides is 1. The summed E-state index contributed by atoms with van der Waals surface area (Å²) in [5.41, 5.74) is 3.16. The van der Waals surface area contributed by atoms with Crippen molar-refractivity contribution in [1.29, 1.82) is 0 Å². The SMILES string of the molecule is CSc1nn(-c2ccc(C(=O)OC(C)C(=O)N3CCc4ccccc43)cc2)c(=S)s1. The molecule has 0 saturated heterocycles. The number of esters is 1. The van der Waals surface area contributed by atoms with Crippen LogP contribution < -0.4 is 4.90 Å². The first-order valence-corrected chi connectivity index (χ1v) is 11.8.